The SMILES string of the molecule is COCC1CCCN(CCC(N)c2ccccc2Br)C1. The minimum Gasteiger partial charge on any atom is -0.384 e. The van der Waals surface area contributed by atoms with Gasteiger partial charge in [0.2, 0.25) is 0 Å². The molecule has 1 aliphatic heterocycles. The van der Waals surface area contributed by atoms with Crippen molar-refractivity contribution < 1.29 is 4.74 Å². The number of piperidine rings is 1. The summed E-state index contributed by atoms with van der Waals surface area (Å²) in [4.78, 5) is 2.53. The second-order valence-corrected chi connectivity index (χ2v) is 6.54. The van der Waals surface area contributed by atoms with Crippen LogP contribution >= 0.6 is 15.9 Å². The molecule has 4 heteroatoms. The van der Waals surface area contributed by atoms with Gasteiger partial charge in [0.25, 0.3) is 0 Å². The molecule has 1 aromatic carbocycles. The van der Waals surface area contributed by atoms with E-state index in [0.717, 1.165) is 30.6 Å². The molecule has 2 atom stereocenters. The molecule has 0 bridgehead atoms. The molecule has 0 radical (unpaired) electrons. The van der Waals surface area contributed by atoms with Gasteiger partial charge in [-0.05, 0) is 49.9 Å². The van der Waals surface area contributed by atoms with Gasteiger partial charge in [0.15, 0.2) is 0 Å². The second kappa shape index (κ2) is 8.13. The number of likely N-dealkylation sites (tertiary alicyclic amines) is 1. The molecule has 0 spiro atoms. The summed E-state index contributed by atoms with van der Waals surface area (Å²) >= 11 is 3.58. The molecule has 3 nitrogen and oxygen atoms in total. The summed E-state index contributed by atoms with van der Waals surface area (Å²) < 4.78 is 6.40. The molecular formula is C16H25BrN2O. The maximum absolute atomic E-state index is 6.32. The average Bonchev–Trinajstić information content (AvgIpc) is 2.46. The van der Waals surface area contributed by atoms with Crippen LogP contribution < -0.4 is 5.73 Å². The third-order valence-corrected chi connectivity index (χ3v) is 4.79. The summed E-state index contributed by atoms with van der Waals surface area (Å²) in [6.45, 7) is 4.30. The number of benzene rings is 1. The highest BCUT2D eigenvalue weighted by atomic mass is 79.9. The number of halogens is 1. The third-order valence-electron chi connectivity index (χ3n) is 4.07. The lowest BCUT2D eigenvalue weighted by Crippen LogP contribution is -2.38. The van der Waals surface area contributed by atoms with Crippen molar-refractivity contribution in [2.24, 2.45) is 11.7 Å². The van der Waals surface area contributed by atoms with Crippen LogP contribution in [0.4, 0.5) is 0 Å². The topological polar surface area (TPSA) is 38.5 Å². The summed E-state index contributed by atoms with van der Waals surface area (Å²) in [5.41, 5.74) is 7.53. The number of nitrogens with two attached hydrogens (primary N) is 1. The van der Waals surface area contributed by atoms with Gasteiger partial charge in [0.1, 0.15) is 0 Å². The molecule has 0 aromatic heterocycles. The van der Waals surface area contributed by atoms with Gasteiger partial charge in [-0.25, -0.2) is 0 Å². The zero-order chi connectivity index (χ0) is 14.4. The van der Waals surface area contributed by atoms with E-state index >= 15 is 0 Å². The van der Waals surface area contributed by atoms with Gasteiger partial charge < -0.3 is 15.4 Å². The van der Waals surface area contributed by atoms with Gasteiger partial charge >= 0.3 is 0 Å². The first-order chi connectivity index (χ1) is 9.70. The van der Waals surface area contributed by atoms with E-state index in [0.29, 0.717) is 5.92 Å². The molecule has 0 saturated carbocycles. The fourth-order valence-corrected chi connectivity index (χ4v) is 3.56. The monoisotopic (exact) mass is 340 g/mol. The Labute approximate surface area is 130 Å². The first-order valence-electron chi connectivity index (χ1n) is 7.42. The maximum atomic E-state index is 6.32. The highest BCUT2D eigenvalue weighted by Gasteiger charge is 2.20. The van der Waals surface area contributed by atoms with E-state index in [1.54, 1.807) is 7.11 Å². The molecular weight excluding hydrogens is 316 g/mol. The molecule has 112 valence electrons. The Morgan fingerprint density at radius 2 is 2.25 bits per heavy atom. The maximum Gasteiger partial charge on any atom is 0.0502 e. The van der Waals surface area contributed by atoms with Crippen LogP contribution in [-0.2, 0) is 4.74 Å². The van der Waals surface area contributed by atoms with Gasteiger partial charge in [-0.1, -0.05) is 34.1 Å². The van der Waals surface area contributed by atoms with E-state index in [2.05, 4.69) is 39.0 Å². The fraction of sp³-hybridized carbons (Fsp3) is 0.625. The Kier molecular flexibility index (Phi) is 6.49. The largest absolute Gasteiger partial charge is 0.384 e. The molecule has 2 rings (SSSR count). The number of rotatable bonds is 6. The van der Waals surface area contributed by atoms with Crippen LogP contribution in [0.25, 0.3) is 0 Å². The van der Waals surface area contributed by atoms with Gasteiger partial charge in [0, 0.05) is 24.2 Å². The molecule has 1 aliphatic rings. The average molecular weight is 341 g/mol. The van der Waals surface area contributed by atoms with Crippen LogP contribution in [0, 0.1) is 5.92 Å². The number of nitrogens with zero attached hydrogens (tertiary/aromatic N) is 1. The van der Waals surface area contributed by atoms with Crippen molar-refractivity contribution in [1.82, 2.24) is 4.90 Å². The summed E-state index contributed by atoms with van der Waals surface area (Å²) in [6.07, 6.45) is 3.57. The van der Waals surface area contributed by atoms with E-state index in [1.807, 2.05) is 6.07 Å². The van der Waals surface area contributed by atoms with Crippen molar-refractivity contribution in [3.05, 3.63) is 34.3 Å². The van der Waals surface area contributed by atoms with E-state index in [9.17, 15) is 0 Å². The van der Waals surface area contributed by atoms with Crippen molar-refractivity contribution in [2.75, 3.05) is 33.4 Å². The van der Waals surface area contributed by atoms with E-state index < -0.39 is 0 Å². The van der Waals surface area contributed by atoms with Crippen LogP contribution in [0.2, 0.25) is 0 Å². The van der Waals surface area contributed by atoms with Crippen molar-refractivity contribution in [3.8, 4) is 0 Å². The quantitative estimate of drug-likeness (QED) is 0.864. The molecule has 20 heavy (non-hydrogen) atoms. The van der Waals surface area contributed by atoms with Crippen molar-refractivity contribution in [1.29, 1.82) is 0 Å². The normalized spacial score (nSPS) is 21.9. The van der Waals surface area contributed by atoms with E-state index in [-0.39, 0.29) is 6.04 Å². The molecule has 0 amide bonds. The predicted molar refractivity (Wildman–Crippen MR) is 86.7 cm³/mol. The van der Waals surface area contributed by atoms with Crippen LogP contribution in [0.3, 0.4) is 0 Å². The van der Waals surface area contributed by atoms with Gasteiger partial charge in [-0.15, -0.1) is 0 Å². The van der Waals surface area contributed by atoms with Gasteiger partial charge in [-0.3, -0.25) is 0 Å². The third kappa shape index (κ3) is 4.55. The molecule has 1 saturated heterocycles. The summed E-state index contributed by atoms with van der Waals surface area (Å²) in [5.74, 6) is 0.688. The zero-order valence-electron chi connectivity index (χ0n) is 12.2. The molecule has 2 N–H and O–H groups in total. The summed E-state index contributed by atoms with van der Waals surface area (Å²) in [5, 5.41) is 0. The fourth-order valence-electron chi connectivity index (χ4n) is 2.98. The van der Waals surface area contributed by atoms with E-state index in [1.165, 1.54) is 24.9 Å². The molecule has 1 aromatic rings. The number of hydrogen-bond acceptors (Lipinski definition) is 3. The highest BCUT2D eigenvalue weighted by molar-refractivity contribution is 9.10. The summed E-state index contributed by atoms with van der Waals surface area (Å²) in [7, 11) is 1.79. The molecule has 0 aliphatic carbocycles. The lowest BCUT2D eigenvalue weighted by Gasteiger charge is -2.33. The Bertz CT molecular complexity index is 411. The minimum absolute atomic E-state index is 0.105. The van der Waals surface area contributed by atoms with Gasteiger partial charge in [0.05, 0.1) is 6.61 Å². The Hall–Kier alpha value is -0.420. The molecule has 1 fully saturated rings. The Balaban J connectivity index is 1.81. The lowest BCUT2D eigenvalue weighted by molar-refractivity contribution is 0.0892. The molecule has 2 unspecified atom stereocenters. The lowest BCUT2D eigenvalue weighted by atomic mass is 9.98. The zero-order valence-corrected chi connectivity index (χ0v) is 13.8. The van der Waals surface area contributed by atoms with Crippen LogP contribution in [0.15, 0.2) is 28.7 Å². The number of hydrogen-bond donors (Lipinski definition) is 1. The van der Waals surface area contributed by atoms with E-state index in [4.69, 9.17) is 10.5 Å². The summed E-state index contributed by atoms with van der Waals surface area (Å²) in [6, 6.07) is 8.35. The highest BCUT2D eigenvalue weighted by Crippen LogP contribution is 2.24. The first-order valence-corrected chi connectivity index (χ1v) is 8.21. The number of methoxy groups -OCH3 is 1. The predicted octanol–water partition coefficient (Wildman–Crippen LogP) is 3.20. The van der Waals surface area contributed by atoms with Crippen molar-refractivity contribution in [2.45, 2.75) is 25.3 Å². The van der Waals surface area contributed by atoms with Crippen LogP contribution in [-0.4, -0.2) is 38.3 Å². The molecule has 1 heterocycles. The first kappa shape index (κ1) is 16.0. The van der Waals surface area contributed by atoms with Crippen LogP contribution in [0.5, 0.6) is 0 Å². The Morgan fingerprint density at radius 1 is 1.45 bits per heavy atom. The van der Waals surface area contributed by atoms with Crippen molar-refractivity contribution >= 4 is 15.9 Å². The second-order valence-electron chi connectivity index (χ2n) is 5.68. The smallest absolute Gasteiger partial charge is 0.0502 e. The van der Waals surface area contributed by atoms with Crippen molar-refractivity contribution in [3.63, 3.8) is 0 Å². The minimum atomic E-state index is 0.105. The standard InChI is InChI=1S/C16H25BrN2O/c1-20-12-13-5-4-9-19(11-13)10-8-16(18)14-6-2-3-7-15(14)17/h2-3,6-7,13,16H,4-5,8-12,18H2,1H3. The van der Waals surface area contributed by atoms with Crippen LogP contribution in [0.1, 0.15) is 30.9 Å². The Morgan fingerprint density at radius 3 is 3.00 bits per heavy atom. The number of ether oxygens (including phenoxy) is 1. The van der Waals surface area contributed by atoms with Gasteiger partial charge in [-0.2, -0.15) is 0 Å².